The van der Waals surface area contributed by atoms with E-state index in [0.717, 1.165) is 5.56 Å². The summed E-state index contributed by atoms with van der Waals surface area (Å²) in [5.41, 5.74) is 1.34. The number of carbonyl (C=O) groups excluding carboxylic acids is 2. The molecule has 8 nitrogen and oxygen atoms in total. The summed E-state index contributed by atoms with van der Waals surface area (Å²) >= 11 is 0. The maximum absolute atomic E-state index is 13.2. The second-order valence-corrected chi connectivity index (χ2v) is 7.98. The average Bonchev–Trinajstić information content (AvgIpc) is 3.40. The molecule has 3 heterocycles. The molecule has 0 N–H and O–H groups in total. The van der Waals surface area contributed by atoms with E-state index < -0.39 is 5.92 Å². The van der Waals surface area contributed by atoms with Gasteiger partial charge in [0.05, 0.1) is 24.5 Å². The fourth-order valence-corrected chi connectivity index (χ4v) is 4.16. The molecule has 1 atom stereocenters. The van der Waals surface area contributed by atoms with Crippen LogP contribution in [0.25, 0.3) is 11.4 Å². The highest BCUT2D eigenvalue weighted by Crippen LogP contribution is 2.33. The van der Waals surface area contributed by atoms with Crippen molar-refractivity contribution < 1.29 is 23.2 Å². The first kappa shape index (κ1) is 20.2. The Morgan fingerprint density at radius 1 is 1.12 bits per heavy atom. The Balaban J connectivity index is 1.21. The third kappa shape index (κ3) is 3.59. The Morgan fingerprint density at radius 2 is 1.88 bits per heavy atom. The summed E-state index contributed by atoms with van der Waals surface area (Å²) in [4.78, 5) is 33.0. The van der Waals surface area contributed by atoms with Crippen molar-refractivity contribution in [3.63, 3.8) is 0 Å². The molecule has 2 amide bonds. The number of carbonyl (C=O) groups is 2. The van der Waals surface area contributed by atoms with Crippen LogP contribution in [0.1, 0.15) is 18.2 Å². The number of ether oxygens (including phenoxy) is 1. The van der Waals surface area contributed by atoms with E-state index in [1.807, 2.05) is 24.3 Å². The molecule has 5 rings (SSSR count). The smallest absolute Gasteiger partial charge is 0.233 e. The van der Waals surface area contributed by atoms with Crippen molar-refractivity contribution >= 4 is 17.5 Å². The van der Waals surface area contributed by atoms with Gasteiger partial charge in [-0.25, -0.2) is 4.39 Å². The van der Waals surface area contributed by atoms with Gasteiger partial charge in [0, 0.05) is 31.7 Å². The van der Waals surface area contributed by atoms with Crippen LogP contribution < -0.4 is 9.64 Å². The van der Waals surface area contributed by atoms with Crippen LogP contribution in [0.3, 0.4) is 0 Å². The monoisotopic (exact) mass is 436 g/mol. The lowest BCUT2D eigenvalue weighted by atomic mass is 9.96. The van der Waals surface area contributed by atoms with Crippen LogP contribution in [0.4, 0.5) is 10.1 Å². The van der Waals surface area contributed by atoms with Crippen molar-refractivity contribution in [3.8, 4) is 17.1 Å². The fourth-order valence-electron chi connectivity index (χ4n) is 4.16. The van der Waals surface area contributed by atoms with Crippen LogP contribution in [0.5, 0.6) is 5.75 Å². The van der Waals surface area contributed by atoms with E-state index in [1.54, 1.807) is 24.1 Å². The normalized spacial score (nSPS) is 18.7. The summed E-state index contributed by atoms with van der Waals surface area (Å²) in [6, 6.07) is 13.1. The molecule has 0 aliphatic carbocycles. The number of aromatic nitrogens is 2. The van der Waals surface area contributed by atoms with Crippen LogP contribution in [-0.4, -0.2) is 53.6 Å². The van der Waals surface area contributed by atoms with E-state index in [9.17, 15) is 14.0 Å². The van der Waals surface area contributed by atoms with Crippen molar-refractivity contribution in [3.05, 3.63) is 60.2 Å². The molecule has 2 aliphatic heterocycles. The number of hydrogen-bond donors (Lipinski definition) is 0. The van der Waals surface area contributed by atoms with E-state index in [4.69, 9.17) is 9.26 Å². The first-order valence-electron chi connectivity index (χ1n) is 10.3. The third-order valence-corrected chi connectivity index (χ3v) is 5.94. The van der Waals surface area contributed by atoms with Crippen molar-refractivity contribution in [2.45, 2.75) is 12.3 Å². The van der Waals surface area contributed by atoms with Gasteiger partial charge in [-0.05, 0) is 36.4 Å². The number of para-hydroxylation sites is 1. The number of rotatable bonds is 5. The molecule has 0 spiro atoms. The van der Waals surface area contributed by atoms with Gasteiger partial charge in [0.15, 0.2) is 0 Å². The van der Waals surface area contributed by atoms with Crippen molar-refractivity contribution in [1.82, 2.24) is 15.0 Å². The second kappa shape index (κ2) is 8.07. The number of nitrogens with zero attached hydrogens (tertiary/aromatic N) is 4. The maximum atomic E-state index is 13.2. The maximum Gasteiger partial charge on any atom is 0.233 e. The Morgan fingerprint density at radius 3 is 2.62 bits per heavy atom. The highest BCUT2D eigenvalue weighted by atomic mass is 19.1. The zero-order valence-corrected chi connectivity index (χ0v) is 17.4. The first-order valence-corrected chi connectivity index (χ1v) is 10.3. The molecule has 0 saturated carbocycles. The lowest BCUT2D eigenvalue weighted by Crippen LogP contribution is -2.51. The van der Waals surface area contributed by atoms with Gasteiger partial charge in [0.1, 0.15) is 11.6 Å². The number of methoxy groups -OCH3 is 1. The van der Waals surface area contributed by atoms with Crippen LogP contribution >= 0.6 is 0 Å². The minimum atomic E-state index is -0.416. The Labute approximate surface area is 183 Å². The Kier molecular flexibility index (Phi) is 5.08. The van der Waals surface area contributed by atoms with Gasteiger partial charge >= 0.3 is 0 Å². The van der Waals surface area contributed by atoms with Crippen LogP contribution in [0.15, 0.2) is 53.1 Å². The van der Waals surface area contributed by atoms with Crippen molar-refractivity contribution in [1.29, 1.82) is 0 Å². The molecule has 0 radical (unpaired) electrons. The molecule has 164 valence electrons. The zero-order valence-electron chi connectivity index (χ0n) is 17.4. The standard InChI is InChI=1S/C23H21FN4O4/c1-31-19-5-3-2-4-18(19)21-25-22(32-26-21)15-11-27(12-15)23(30)14-10-20(29)28(13-14)17-8-6-16(24)7-9-17/h2-9,14-15H,10-13H2,1H3. The second-order valence-electron chi connectivity index (χ2n) is 7.98. The first-order chi connectivity index (χ1) is 15.5. The van der Waals surface area contributed by atoms with Gasteiger partial charge in [-0.15, -0.1) is 0 Å². The third-order valence-electron chi connectivity index (χ3n) is 5.94. The summed E-state index contributed by atoms with van der Waals surface area (Å²) in [7, 11) is 1.58. The van der Waals surface area contributed by atoms with E-state index in [0.29, 0.717) is 42.8 Å². The topological polar surface area (TPSA) is 88.8 Å². The summed E-state index contributed by atoms with van der Waals surface area (Å²) in [6.07, 6.45) is 0.149. The SMILES string of the molecule is COc1ccccc1-c1noc(C2CN(C(=O)C3CC(=O)N(c4ccc(F)cc4)C3)C2)n1. The number of anilines is 1. The lowest BCUT2D eigenvalue weighted by molar-refractivity contribution is -0.140. The van der Waals surface area contributed by atoms with E-state index in [-0.39, 0.29) is 30.0 Å². The minimum absolute atomic E-state index is 0.0415. The van der Waals surface area contributed by atoms with Gasteiger partial charge in [-0.1, -0.05) is 17.3 Å². The number of amides is 2. The van der Waals surface area contributed by atoms with Crippen LogP contribution in [-0.2, 0) is 9.59 Å². The number of benzene rings is 2. The minimum Gasteiger partial charge on any atom is -0.496 e. The quantitative estimate of drug-likeness (QED) is 0.611. The molecule has 1 aromatic heterocycles. The van der Waals surface area contributed by atoms with Gasteiger partial charge in [0.25, 0.3) is 0 Å². The molecule has 3 aromatic rings. The van der Waals surface area contributed by atoms with Crippen LogP contribution in [0.2, 0.25) is 0 Å². The molecule has 1 unspecified atom stereocenters. The van der Waals surface area contributed by atoms with E-state index in [2.05, 4.69) is 10.1 Å². The average molecular weight is 436 g/mol. The largest absolute Gasteiger partial charge is 0.496 e. The molecular formula is C23H21FN4O4. The molecule has 2 saturated heterocycles. The highest BCUT2D eigenvalue weighted by Gasteiger charge is 2.42. The van der Waals surface area contributed by atoms with Gasteiger partial charge in [0.2, 0.25) is 23.5 Å². The zero-order chi connectivity index (χ0) is 22.2. The highest BCUT2D eigenvalue weighted by molar-refractivity contribution is 6.00. The molecule has 32 heavy (non-hydrogen) atoms. The summed E-state index contributed by atoms with van der Waals surface area (Å²) in [6.45, 7) is 1.23. The van der Waals surface area contributed by atoms with Gasteiger partial charge < -0.3 is 19.1 Å². The molecule has 2 aliphatic rings. The number of likely N-dealkylation sites (tertiary alicyclic amines) is 1. The van der Waals surface area contributed by atoms with E-state index in [1.165, 1.54) is 17.0 Å². The molecular weight excluding hydrogens is 415 g/mol. The molecule has 9 heteroatoms. The molecule has 2 fully saturated rings. The summed E-state index contributed by atoms with van der Waals surface area (Å²) < 4.78 is 23.9. The predicted molar refractivity (Wildman–Crippen MR) is 112 cm³/mol. The molecule has 0 bridgehead atoms. The summed E-state index contributed by atoms with van der Waals surface area (Å²) in [5.74, 6) is 0.551. The lowest BCUT2D eigenvalue weighted by Gasteiger charge is -2.38. The molecule has 2 aromatic carbocycles. The Bertz CT molecular complexity index is 1160. The number of halogens is 1. The van der Waals surface area contributed by atoms with Gasteiger partial charge in [-0.3, -0.25) is 9.59 Å². The van der Waals surface area contributed by atoms with Gasteiger partial charge in [-0.2, -0.15) is 4.98 Å². The number of hydrogen-bond acceptors (Lipinski definition) is 6. The fraction of sp³-hybridized carbons (Fsp3) is 0.304. The predicted octanol–water partition coefficient (Wildman–Crippen LogP) is 2.86. The van der Waals surface area contributed by atoms with Crippen LogP contribution in [0, 0.1) is 11.7 Å². The summed E-state index contributed by atoms with van der Waals surface area (Å²) in [5, 5.41) is 4.06. The van der Waals surface area contributed by atoms with Crippen molar-refractivity contribution in [2.75, 3.05) is 31.6 Å². The van der Waals surface area contributed by atoms with Crippen molar-refractivity contribution in [2.24, 2.45) is 5.92 Å². The Hall–Kier alpha value is -3.75. The van der Waals surface area contributed by atoms with E-state index >= 15 is 0 Å².